The highest BCUT2D eigenvalue weighted by Gasteiger charge is 2.36. The van der Waals surface area contributed by atoms with Gasteiger partial charge in [0.1, 0.15) is 0 Å². The van der Waals surface area contributed by atoms with E-state index in [0.29, 0.717) is 13.1 Å². The molecule has 0 bridgehead atoms. The second-order valence-corrected chi connectivity index (χ2v) is 6.01. The Morgan fingerprint density at radius 3 is 2.68 bits per heavy atom. The molecule has 0 radical (unpaired) electrons. The molecule has 4 nitrogen and oxygen atoms in total. The van der Waals surface area contributed by atoms with Crippen LogP contribution in [0.2, 0.25) is 0 Å². The molecule has 0 aromatic heterocycles. The van der Waals surface area contributed by atoms with E-state index in [4.69, 9.17) is 0 Å². The molecule has 1 amide bonds. The number of nitrogens with one attached hydrogen (secondary N) is 1. The van der Waals surface area contributed by atoms with Crippen LogP contribution in [0.4, 0.5) is 11.4 Å². The molecule has 0 unspecified atom stereocenters. The molecule has 19 heavy (non-hydrogen) atoms. The highest BCUT2D eigenvalue weighted by molar-refractivity contribution is 6.01. The standard InChI is InChI=1S/C15H23N3O/c1-15(2)11-16-12-7-5-6-8-13(12)18(14(15)19)10-9-17(3)4/h5-8,16H,9-11H2,1-4H3. The number of fused-ring (bicyclic) bond motifs is 1. The SMILES string of the molecule is CN(C)CCN1C(=O)C(C)(C)CNc2ccccc21. The molecule has 0 spiro atoms. The van der Waals surface area contributed by atoms with Crippen molar-refractivity contribution >= 4 is 17.3 Å². The van der Waals surface area contributed by atoms with Gasteiger partial charge in [0.05, 0.1) is 16.8 Å². The maximum Gasteiger partial charge on any atom is 0.234 e. The van der Waals surface area contributed by atoms with E-state index in [2.05, 4.69) is 10.2 Å². The minimum Gasteiger partial charge on any atom is -0.382 e. The molecule has 1 aliphatic rings. The molecule has 0 saturated carbocycles. The number of hydrogen-bond acceptors (Lipinski definition) is 3. The van der Waals surface area contributed by atoms with Crippen molar-refractivity contribution in [3.63, 3.8) is 0 Å². The Labute approximate surface area is 115 Å². The minimum atomic E-state index is -0.384. The van der Waals surface area contributed by atoms with E-state index in [9.17, 15) is 4.79 Å². The Kier molecular flexibility index (Phi) is 3.80. The Morgan fingerprint density at radius 1 is 1.32 bits per heavy atom. The summed E-state index contributed by atoms with van der Waals surface area (Å²) in [6, 6.07) is 8.03. The molecule has 1 aliphatic heterocycles. The van der Waals surface area contributed by atoms with Gasteiger partial charge in [0, 0.05) is 19.6 Å². The van der Waals surface area contributed by atoms with E-state index in [1.807, 2.05) is 57.1 Å². The lowest BCUT2D eigenvalue weighted by atomic mass is 9.92. The predicted molar refractivity (Wildman–Crippen MR) is 79.6 cm³/mol. The van der Waals surface area contributed by atoms with Crippen LogP contribution in [0.25, 0.3) is 0 Å². The van der Waals surface area contributed by atoms with Crippen molar-refractivity contribution in [3.05, 3.63) is 24.3 Å². The molecule has 0 atom stereocenters. The molecule has 1 N–H and O–H groups in total. The van der Waals surface area contributed by atoms with Gasteiger partial charge in [0.2, 0.25) is 5.91 Å². The van der Waals surface area contributed by atoms with E-state index in [-0.39, 0.29) is 11.3 Å². The third-order valence-electron chi connectivity index (χ3n) is 3.51. The molecule has 1 aromatic carbocycles. The first kappa shape index (κ1) is 13.9. The zero-order valence-corrected chi connectivity index (χ0v) is 12.2. The molecular weight excluding hydrogens is 238 g/mol. The first-order valence-electron chi connectivity index (χ1n) is 6.71. The van der Waals surface area contributed by atoms with Gasteiger partial charge in [-0.05, 0) is 40.1 Å². The summed E-state index contributed by atoms with van der Waals surface area (Å²) in [5, 5.41) is 3.39. The number of benzene rings is 1. The van der Waals surface area contributed by atoms with Crippen LogP contribution in [-0.4, -0.2) is 44.5 Å². The summed E-state index contributed by atoms with van der Waals surface area (Å²) < 4.78 is 0. The number of hydrogen-bond donors (Lipinski definition) is 1. The highest BCUT2D eigenvalue weighted by atomic mass is 16.2. The fourth-order valence-corrected chi connectivity index (χ4v) is 2.25. The maximum atomic E-state index is 12.7. The van der Waals surface area contributed by atoms with E-state index >= 15 is 0 Å². The van der Waals surface area contributed by atoms with Crippen LogP contribution in [0.15, 0.2) is 24.3 Å². The van der Waals surface area contributed by atoms with E-state index in [1.54, 1.807) is 0 Å². The average Bonchev–Trinajstić information content (AvgIpc) is 2.45. The largest absolute Gasteiger partial charge is 0.382 e. The van der Waals surface area contributed by atoms with Crippen molar-refractivity contribution in [2.45, 2.75) is 13.8 Å². The number of amides is 1. The summed E-state index contributed by atoms with van der Waals surface area (Å²) in [7, 11) is 4.05. The van der Waals surface area contributed by atoms with Gasteiger partial charge in [-0.1, -0.05) is 12.1 Å². The van der Waals surface area contributed by atoms with Crippen LogP contribution in [0.3, 0.4) is 0 Å². The van der Waals surface area contributed by atoms with Crippen LogP contribution in [0.1, 0.15) is 13.8 Å². The van der Waals surface area contributed by atoms with Gasteiger partial charge in [-0.25, -0.2) is 0 Å². The van der Waals surface area contributed by atoms with E-state index in [1.165, 1.54) is 0 Å². The number of carbonyl (C=O) groups excluding carboxylic acids is 1. The van der Waals surface area contributed by atoms with E-state index in [0.717, 1.165) is 17.9 Å². The molecule has 1 aromatic rings. The summed E-state index contributed by atoms with van der Waals surface area (Å²) in [4.78, 5) is 16.7. The third-order valence-corrected chi connectivity index (χ3v) is 3.51. The first-order chi connectivity index (χ1) is 8.92. The highest BCUT2D eigenvalue weighted by Crippen LogP contribution is 2.33. The fraction of sp³-hybridized carbons (Fsp3) is 0.533. The van der Waals surface area contributed by atoms with Gasteiger partial charge in [-0.15, -0.1) is 0 Å². The topological polar surface area (TPSA) is 35.6 Å². The summed E-state index contributed by atoms with van der Waals surface area (Å²) in [5.41, 5.74) is 1.64. The minimum absolute atomic E-state index is 0.187. The summed E-state index contributed by atoms with van der Waals surface area (Å²) in [6.45, 7) is 6.24. The number of rotatable bonds is 3. The molecule has 0 aliphatic carbocycles. The third kappa shape index (κ3) is 2.89. The summed E-state index contributed by atoms with van der Waals surface area (Å²) >= 11 is 0. The number of nitrogens with zero attached hydrogens (tertiary/aromatic N) is 2. The maximum absolute atomic E-state index is 12.7. The van der Waals surface area contributed by atoms with Crippen molar-refractivity contribution in [1.29, 1.82) is 0 Å². The Morgan fingerprint density at radius 2 is 2.00 bits per heavy atom. The molecule has 0 fully saturated rings. The van der Waals surface area contributed by atoms with Crippen LogP contribution in [0, 0.1) is 5.41 Å². The summed E-state index contributed by atoms with van der Waals surface area (Å²) in [6.07, 6.45) is 0. The van der Waals surface area contributed by atoms with Crippen molar-refractivity contribution in [2.24, 2.45) is 5.41 Å². The molecule has 0 saturated heterocycles. The van der Waals surface area contributed by atoms with Crippen molar-refractivity contribution in [2.75, 3.05) is 43.9 Å². The number of likely N-dealkylation sites (N-methyl/N-ethyl adjacent to an activating group) is 1. The Hall–Kier alpha value is -1.55. The van der Waals surface area contributed by atoms with Crippen LogP contribution >= 0.6 is 0 Å². The molecule has 2 rings (SSSR count). The normalized spacial score (nSPS) is 17.9. The second kappa shape index (κ2) is 5.21. The van der Waals surface area contributed by atoms with Gasteiger partial charge in [0.25, 0.3) is 0 Å². The monoisotopic (exact) mass is 261 g/mol. The lowest BCUT2D eigenvalue weighted by Gasteiger charge is -2.29. The fourth-order valence-electron chi connectivity index (χ4n) is 2.25. The lowest BCUT2D eigenvalue weighted by molar-refractivity contribution is -0.125. The van der Waals surface area contributed by atoms with Gasteiger partial charge < -0.3 is 15.1 Å². The van der Waals surface area contributed by atoms with Gasteiger partial charge in [0.15, 0.2) is 0 Å². The number of anilines is 2. The molecule has 1 heterocycles. The van der Waals surface area contributed by atoms with Crippen LogP contribution < -0.4 is 10.2 Å². The zero-order chi connectivity index (χ0) is 14.0. The first-order valence-corrected chi connectivity index (χ1v) is 6.71. The Bertz CT molecular complexity index is 468. The quantitative estimate of drug-likeness (QED) is 0.904. The molecule has 104 valence electrons. The zero-order valence-electron chi connectivity index (χ0n) is 12.2. The van der Waals surface area contributed by atoms with Crippen molar-refractivity contribution < 1.29 is 4.79 Å². The molecule has 4 heteroatoms. The predicted octanol–water partition coefficient (Wildman–Crippen LogP) is 2.03. The number of carbonyl (C=O) groups is 1. The van der Waals surface area contributed by atoms with Crippen molar-refractivity contribution in [3.8, 4) is 0 Å². The summed E-state index contributed by atoms with van der Waals surface area (Å²) in [5.74, 6) is 0.187. The smallest absolute Gasteiger partial charge is 0.234 e. The van der Waals surface area contributed by atoms with Gasteiger partial charge >= 0.3 is 0 Å². The lowest BCUT2D eigenvalue weighted by Crippen LogP contribution is -2.44. The van der Waals surface area contributed by atoms with Crippen LogP contribution in [-0.2, 0) is 4.79 Å². The van der Waals surface area contributed by atoms with Crippen molar-refractivity contribution in [1.82, 2.24) is 4.90 Å². The van der Waals surface area contributed by atoms with Crippen LogP contribution in [0.5, 0.6) is 0 Å². The Balaban J connectivity index is 2.36. The number of para-hydroxylation sites is 2. The second-order valence-electron chi connectivity index (χ2n) is 6.01. The molecular formula is C15H23N3O. The van der Waals surface area contributed by atoms with Gasteiger partial charge in [-0.2, -0.15) is 0 Å². The van der Waals surface area contributed by atoms with Gasteiger partial charge in [-0.3, -0.25) is 4.79 Å². The van der Waals surface area contributed by atoms with E-state index < -0.39 is 0 Å². The average molecular weight is 261 g/mol.